The number of likely N-dealkylation sites (N-methyl/N-ethyl adjacent to an activating group) is 1. The molecule has 6 heteroatoms. The van der Waals surface area contributed by atoms with Gasteiger partial charge in [0.05, 0.1) is 23.3 Å². The zero-order chi connectivity index (χ0) is 13.8. The van der Waals surface area contributed by atoms with Crippen molar-refractivity contribution in [1.82, 2.24) is 10.2 Å². The van der Waals surface area contributed by atoms with Crippen LogP contribution >= 0.6 is 11.6 Å². The summed E-state index contributed by atoms with van der Waals surface area (Å²) in [5.74, 6) is -1.13. The predicted octanol–water partition coefficient (Wildman–Crippen LogP) is 1.54. The highest BCUT2D eigenvalue weighted by Gasteiger charge is 2.20. The van der Waals surface area contributed by atoms with Crippen LogP contribution < -0.4 is 5.32 Å². The average Bonchev–Trinajstić information content (AvgIpc) is 2.36. The van der Waals surface area contributed by atoms with Crippen LogP contribution in [0.4, 0.5) is 4.39 Å². The van der Waals surface area contributed by atoms with E-state index in [0.717, 1.165) is 13.1 Å². The molecule has 0 aromatic heterocycles. The van der Waals surface area contributed by atoms with Crippen molar-refractivity contribution in [2.24, 2.45) is 0 Å². The SMILES string of the molecule is CN1CCOC(CNC(=O)c2c(F)cccc2Cl)C1. The smallest absolute Gasteiger partial charge is 0.255 e. The molecule has 1 heterocycles. The van der Waals surface area contributed by atoms with E-state index in [1.165, 1.54) is 18.2 Å². The number of halogens is 2. The van der Waals surface area contributed by atoms with Crippen molar-refractivity contribution in [3.8, 4) is 0 Å². The summed E-state index contributed by atoms with van der Waals surface area (Å²) in [6.07, 6.45) is -0.0757. The van der Waals surface area contributed by atoms with Gasteiger partial charge in [0.15, 0.2) is 0 Å². The maximum atomic E-state index is 13.5. The number of nitrogens with zero attached hydrogens (tertiary/aromatic N) is 1. The first-order valence-electron chi connectivity index (χ1n) is 6.10. The molecule has 19 heavy (non-hydrogen) atoms. The Labute approximate surface area is 116 Å². The number of hydrogen-bond donors (Lipinski definition) is 1. The molecule has 1 aromatic carbocycles. The Balaban J connectivity index is 1.94. The summed E-state index contributed by atoms with van der Waals surface area (Å²) in [5.41, 5.74) is -0.117. The van der Waals surface area contributed by atoms with E-state index in [1.54, 1.807) is 0 Å². The van der Waals surface area contributed by atoms with Crippen molar-refractivity contribution in [1.29, 1.82) is 0 Å². The quantitative estimate of drug-likeness (QED) is 0.916. The molecule has 0 bridgehead atoms. The van der Waals surface area contributed by atoms with Gasteiger partial charge in [-0.05, 0) is 19.2 Å². The lowest BCUT2D eigenvalue weighted by Crippen LogP contribution is -2.46. The van der Waals surface area contributed by atoms with Gasteiger partial charge in [-0.2, -0.15) is 0 Å². The van der Waals surface area contributed by atoms with Crippen LogP contribution in [-0.2, 0) is 4.74 Å². The average molecular weight is 287 g/mol. The summed E-state index contributed by atoms with van der Waals surface area (Å²) in [7, 11) is 1.99. The van der Waals surface area contributed by atoms with Crippen molar-refractivity contribution in [3.05, 3.63) is 34.6 Å². The van der Waals surface area contributed by atoms with Gasteiger partial charge in [0.25, 0.3) is 5.91 Å². The van der Waals surface area contributed by atoms with Crippen LogP contribution in [0.5, 0.6) is 0 Å². The van der Waals surface area contributed by atoms with Gasteiger partial charge in [-0.15, -0.1) is 0 Å². The number of carbonyl (C=O) groups excluding carboxylic acids is 1. The third-order valence-corrected chi connectivity index (χ3v) is 3.34. The molecule has 1 N–H and O–H groups in total. The molecule has 0 aliphatic carbocycles. The van der Waals surface area contributed by atoms with Crippen LogP contribution in [0.1, 0.15) is 10.4 Å². The highest BCUT2D eigenvalue weighted by Crippen LogP contribution is 2.18. The molecule has 4 nitrogen and oxygen atoms in total. The molecule has 0 radical (unpaired) electrons. The first-order valence-corrected chi connectivity index (χ1v) is 6.48. The summed E-state index contributed by atoms with van der Waals surface area (Å²) >= 11 is 5.83. The lowest BCUT2D eigenvalue weighted by Gasteiger charge is -2.30. The van der Waals surface area contributed by atoms with E-state index in [1.807, 2.05) is 7.05 Å². The van der Waals surface area contributed by atoms with Crippen LogP contribution in [0.3, 0.4) is 0 Å². The molecule has 2 rings (SSSR count). The van der Waals surface area contributed by atoms with Crippen molar-refractivity contribution >= 4 is 17.5 Å². The minimum atomic E-state index is -0.619. The molecule has 1 fully saturated rings. The zero-order valence-electron chi connectivity index (χ0n) is 10.7. The predicted molar refractivity (Wildman–Crippen MR) is 71.0 cm³/mol. The number of morpholine rings is 1. The minimum absolute atomic E-state index is 0.0757. The third kappa shape index (κ3) is 3.65. The van der Waals surface area contributed by atoms with Gasteiger partial charge in [0.2, 0.25) is 0 Å². The van der Waals surface area contributed by atoms with Gasteiger partial charge in [0.1, 0.15) is 5.82 Å². The number of ether oxygens (including phenoxy) is 1. The van der Waals surface area contributed by atoms with E-state index in [-0.39, 0.29) is 16.7 Å². The molecular formula is C13H16ClFN2O2. The summed E-state index contributed by atoms with van der Waals surface area (Å²) in [4.78, 5) is 14.0. The van der Waals surface area contributed by atoms with Crippen molar-refractivity contribution < 1.29 is 13.9 Å². The first-order chi connectivity index (χ1) is 9.08. The molecule has 104 valence electrons. The first kappa shape index (κ1) is 14.2. The Kier molecular flexibility index (Phi) is 4.74. The topological polar surface area (TPSA) is 41.6 Å². The minimum Gasteiger partial charge on any atom is -0.374 e. The largest absolute Gasteiger partial charge is 0.374 e. The van der Waals surface area contributed by atoms with E-state index in [4.69, 9.17) is 16.3 Å². The number of amides is 1. The van der Waals surface area contributed by atoms with Gasteiger partial charge in [0, 0.05) is 19.6 Å². The van der Waals surface area contributed by atoms with Gasteiger partial charge < -0.3 is 15.0 Å². The molecule has 1 unspecified atom stereocenters. The van der Waals surface area contributed by atoms with E-state index in [2.05, 4.69) is 10.2 Å². The van der Waals surface area contributed by atoms with Gasteiger partial charge in [-0.3, -0.25) is 4.79 Å². The lowest BCUT2D eigenvalue weighted by atomic mass is 10.2. The third-order valence-electron chi connectivity index (χ3n) is 3.02. The summed E-state index contributed by atoms with van der Waals surface area (Å²) in [6.45, 7) is 2.60. The molecule has 1 saturated heterocycles. The van der Waals surface area contributed by atoms with Crippen LogP contribution in [0.15, 0.2) is 18.2 Å². The Hall–Kier alpha value is -1.17. The second-order valence-corrected chi connectivity index (χ2v) is 4.97. The van der Waals surface area contributed by atoms with Crippen LogP contribution in [-0.4, -0.2) is 50.2 Å². The molecule has 1 aromatic rings. The van der Waals surface area contributed by atoms with Crippen LogP contribution in [0, 0.1) is 5.82 Å². The van der Waals surface area contributed by atoms with E-state index in [0.29, 0.717) is 13.2 Å². The number of carbonyl (C=O) groups is 1. The van der Waals surface area contributed by atoms with Crippen LogP contribution in [0.2, 0.25) is 5.02 Å². The van der Waals surface area contributed by atoms with E-state index >= 15 is 0 Å². The maximum Gasteiger partial charge on any atom is 0.255 e. The Bertz CT molecular complexity index is 450. The van der Waals surface area contributed by atoms with Crippen LogP contribution in [0.25, 0.3) is 0 Å². The summed E-state index contributed by atoms with van der Waals surface area (Å²) in [5, 5.41) is 2.77. The van der Waals surface area contributed by atoms with E-state index in [9.17, 15) is 9.18 Å². The molecule has 1 amide bonds. The molecule has 1 atom stereocenters. The summed E-state index contributed by atoms with van der Waals surface area (Å²) in [6, 6.07) is 4.17. The van der Waals surface area contributed by atoms with Gasteiger partial charge >= 0.3 is 0 Å². The molecule has 1 aliphatic heterocycles. The van der Waals surface area contributed by atoms with E-state index < -0.39 is 11.7 Å². The van der Waals surface area contributed by atoms with Crippen molar-refractivity contribution in [2.75, 3.05) is 33.3 Å². The highest BCUT2D eigenvalue weighted by molar-refractivity contribution is 6.33. The fourth-order valence-electron chi connectivity index (χ4n) is 2.00. The molecule has 1 aliphatic rings. The number of nitrogens with one attached hydrogen (secondary N) is 1. The normalized spacial score (nSPS) is 20.3. The number of rotatable bonds is 3. The molecule has 0 saturated carbocycles. The Morgan fingerprint density at radius 3 is 3.11 bits per heavy atom. The monoisotopic (exact) mass is 286 g/mol. The fraction of sp³-hybridized carbons (Fsp3) is 0.462. The second-order valence-electron chi connectivity index (χ2n) is 4.56. The lowest BCUT2D eigenvalue weighted by molar-refractivity contribution is -0.0175. The van der Waals surface area contributed by atoms with Crippen molar-refractivity contribution in [3.63, 3.8) is 0 Å². The number of hydrogen-bond acceptors (Lipinski definition) is 3. The maximum absolute atomic E-state index is 13.5. The Morgan fingerprint density at radius 1 is 1.63 bits per heavy atom. The zero-order valence-corrected chi connectivity index (χ0v) is 11.4. The molecular weight excluding hydrogens is 271 g/mol. The molecule has 0 spiro atoms. The van der Waals surface area contributed by atoms with Gasteiger partial charge in [-0.25, -0.2) is 4.39 Å². The van der Waals surface area contributed by atoms with Gasteiger partial charge in [-0.1, -0.05) is 17.7 Å². The highest BCUT2D eigenvalue weighted by atomic mass is 35.5. The second kappa shape index (κ2) is 6.32. The standard InChI is InChI=1S/C13H16ClFN2O2/c1-17-5-6-19-9(8-17)7-16-13(18)12-10(14)3-2-4-11(12)15/h2-4,9H,5-8H2,1H3,(H,16,18). The number of benzene rings is 1. The van der Waals surface area contributed by atoms with Crippen molar-refractivity contribution in [2.45, 2.75) is 6.10 Å². The Morgan fingerprint density at radius 2 is 2.42 bits per heavy atom. The fourth-order valence-corrected chi connectivity index (χ4v) is 2.25. The summed E-state index contributed by atoms with van der Waals surface area (Å²) < 4.78 is 19.1.